The minimum absolute atomic E-state index is 0.0123. The first-order valence-electron chi connectivity index (χ1n) is 13.9. The first-order chi connectivity index (χ1) is 20.4. The molecule has 0 aliphatic carbocycles. The fourth-order valence-corrected chi connectivity index (χ4v) is 5.29. The Morgan fingerprint density at radius 3 is 2.44 bits per heavy atom. The van der Waals surface area contributed by atoms with Gasteiger partial charge in [-0.05, 0) is 49.1 Å². The van der Waals surface area contributed by atoms with E-state index in [1.807, 2.05) is 24.3 Å². The molecule has 0 unspecified atom stereocenters. The van der Waals surface area contributed by atoms with Gasteiger partial charge in [-0.25, -0.2) is 4.79 Å². The zero-order valence-electron chi connectivity index (χ0n) is 24.8. The van der Waals surface area contributed by atoms with Gasteiger partial charge < -0.3 is 44.9 Å². The standard InChI is InChI=1S/C30H40Cl2N2O9/c1-15(2)9-21(33-4)28(38)34-12-17-7-6-8-18(10-17)14-41-26-20(31)11-19(16(3)23(26)32)29(39)43-27-25(37)24(36)22(13-35)42-30(27)40-5/h6-8,10-11,15,21-22,24-25,27,30,33,35-37H,9,12-14H2,1-5H3,(H,34,38)/t21-,22+,24+,25-,27+,30-/m0/s1. The first kappa shape index (κ1) is 35.0. The molecule has 0 aromatic heterocycles. The molecule has 0 bridgehead atoms. The predicted octanol–water partition coefficient (Wildman–Crippen LogP) is 2.74. The van der Waals surface area contributed by atoms with Crippen LogP contribution >= 0.6 is 23.2 Å². The fourth-order valence-electron chi connectivity index (χ4n) is 4.72. The van der Waals surface area contributed by atoms with Crippen molar-refractivity contribution in [2.75, 3.05) is 20.8 Å². The highest BCUT2D eigenvalue weighted by Gasteiger charge is 2.47. The van der Waals surface area contributed by atoms with Crippen LogP contribution in [0.1, 0.15) is 47.3 Å². The van der Waals surface area contributed by atoms with Crippen molar-refractivity contribution in [2.45, 2.75) is 77.1 Å². The van der Waals surface area contributed by atoms with E-state index < -0.39 is 43.3 Å². The Kier molecular flexibility index (Phi) is 13.0. The molecule has 43 heavy (non-hydrogen) atoms. The molecule has 11 nitrogen and oxygen atoms in total. The minimum atomic E-state index is -1.58. The van der Waals surface area contributed by atoms with E-state index in [1.54, 1.807) is 14.0 Å². The summed E-state index contributed by atoms with van der Waals surface area (Å²) in [6.45, 7) is 5.61. The molecule has 13 heteroatoms. The van der Waals surface area contributed by atoms with Gasteiger partial charge in [0.15, 0.2) is 18.1 Å². The number of nitrogens with one attached hydrogen (secondary N) is 2. The second-order valence-corrected chi connectivity index (χ2v) is 11.6. The predicted molar refractivity (Wildman–Crippen MR) is 160 cm³/mol. The SMILES string of the molecule is CN[C@@H](CC(C)C)C(=O)NCc1cccc(COc2c(Cl)cc(C(=O)O[C@H]3[C@@H](OC)O[C@H](CO)[C@@H](O)[C@@H]3O)c(C)c2Cl)c1. The van der Waals surface area contributed by atoms with Crippen molar-refractivity contribution in [1.29, 1.82) is 0 Å². The molecule has 1 aliphatic rings. The second-order valence-electron chi connectivity index (χ2n) is 10.8. The van der Waals surface area contributed by atoms with Crippen molar-refractivity contribution < 1.29 is 43.9 Å². The Morgan fingerprint density at radius 1 is 1.12 bits per heavy atom. The van der Waals surface area contributed by atoms with Crippen LogP contribution in [0, 0.1) is 12.8 Å². The number of esters is 1. The third-order valence-corrected chi connectivity index (χ3v) is 7.89. The van der Waals surface area contributed by atoms with E-state index in [9.17, 15) is 24.9 Å². The Bertz CT molecular complexity index is 1260. The van der Waals surface area contributed by atoms with Crippen LogP contribution in [-0.4, -0.2) is 84.7 Å². The molecule has 2 aromatic rings. The quantitative estimate of drug-likeness (QED) is 0.206. The van der Waals surface area contributed by atoms with Crippen molar-refractivity contribution in [3.05, 3.63) is 62.6 Å². The van der Waals surface area contributed by atoms with E-state index in [0.717, 1.165) is 17.5 Å². The molecule has 1 saturated heterocycles. The summed E-state index contributed by atoms with van der Waals surface area (Å²) in [6, 6.07) is 8.58. The number of benzene rings is 2. The lowest BCUT2D eigenvalue weighted by Gasteiger charge is -2.40. The lowest BCUT2D eigenvalue weighted by molar-refractivity contribution is -0.293. The van der Waals surface area contributed by atoms with Crippen LogP contribution < -0.4 is 15.4 Å². The third kappa shape index (κ3) is 8.80. The molecule has 3 rings (SSSR count). The number of carbonyl (C=O) groups excluding carboxylic acids is 2. The van der Waals surface area contributed by atoms with E-state index in [-0.39, 0.29) is 39.9 Å². The molecule has 2 aromatic carbocycles. The van der Waals surface area contributed by atoms with Crippen LogP contribution in [0.25, 0.3) is 0 Å². The Hall–Kier alpha value is -2.48. The number of methoxy groups -OCH3 is 1. The number of likely N-dealkylation sites (N-methyl/N-ethyl adjacent to an activating group) is 1. The van der Waals surface area contributed by atoms with Crippen LogP contribution in [0.2, 0.25) is 10.0 Å². The lowest BCUT2D eigenvalue weighted by Crippen LogP contribution is -2.60. The van der Waals surface area contributed by atoms with Crippen LogP contribution in [0.3, 0.4) is 0 Å². The maximum atomic E-state index is 13.1. The van der Waals surface area contributed by atoms with Crippen molar-refractivity contribution in [3.63, 3.8) is 0 Å². The zero-order valence-corrected chi connectivity index (χ0v) is 26.3. The Labute approximate surface area is 261 Å². The van der Waals surface area contributed by atoms with Crippen molar-refractivity contribution >= 4 is 35.1 Å². The average molecular weight is 644 g/mol. The minimum Gasteiger partial charge on any atom is -0.486 e. The molecular formula is C30H40Cl2N2O9. The van der Waals surface area contributed by atoms with Gasteiger partial charge >= 0.3 is 5.97 Å². The topological polar surface area (TPSA) is 156 Å². The summed E-state index contributed by atoms with van der Waals surface area (Å²) in [7, 11) is 3.04. The maximum absolute atomic E-state index is 13.1. The third-order valence-electron chi connectivity index (χ3n) is 7.15. The summed E-state index contributed by atoms with van der Waals surface area (Å²) in [5, 5.41) is 36.2. The number of halogens is 2. The van der Waals surface area contributed by atoms with Crippen molar-refractivity contribution in [2.24, 2.45) is 5.92 Å². The summed E-state index contributed by atoms with van der Waals surface area (Å²) in [4.78, 5) is 25.6. The van der Waals surface area contributed by atoms with E-state index in [4.69, 9.17) is 42.1 Å². The van der Waals surface area contributed by atoms with E-state index in [0.29, 0.717) is 18.0 Å². The van der Waals surface area contributed by atoms with Crippen LogP contribution in [0.15, 0.2) is 30.3 Å². The molecule has 1 fully saturated rings. The highest BCUT2D eigenvalue weighted by Crippen LogP contribution is 2.39. The molecule has 1 aliphatic heterocycles. The summed E-state index contributed by atoms with van der Waals surface area (Å²) >= 11 is 13.0. The highest BCUT2D eigenvalue weighted by molar-refractivity contribution is 6.38. The number of ether oxygens (including phenoxy) is 4. The molecule has 0 spiro atoms. The monoisotopic (exact) mass is 642 g/mol. The number of aliphatic hydroxyl groups is 3. The van der Waals surface area contributed by atoms with Gasteiger partial charge in [0.2, 0.25) is 5.91 Å². The molecule has 0 radical (unpaired) electrons. The van der Waals surface area contributed by atoms with Gasteiger partial charge in [0.25, 0.3) is 0 Å². The van der Waals surface area contributed by atoms with E-state index >= 15 is 0 Å². The van der Waals surface area contributed by atoms with Crippen LogP contribution in [0.4, 0.5) is 0 Å². The normalized spacial score (nSPS) is 22.7. The highest BCUT2D eigenvalue weighted by atomic mass is 35.5. The summed E-state index contributed by atoms with van der Waals surface area (Å²) in [5.74, 6) is -0.415. The number of hydrogen-bond acceptors (Lipinski definition) is 10. The molecular weight excluding hydrogens is 603 g/mol. The molecule has 1 amide bonds. The van der Waals surface area contributed by atoms with Gasteiger partial charge in [0.1, 0.15) is 24.9 Å². The molecule has 238 valence electrons. The maximum Gasteiger partial charge on any atom is 0.339 e. The van der Waals surface area contributed by atoms with E-state index in [2.05, 4.69) is 24.5 Å². The van der Waals surface area contributed by atoms with Crippen LogP contribution in [0.5, 0.6) is 5.75 Å². The lowest BCUT2D eigenvalue weighted by atomic mass is 9.99. The molecule has 1 heterocycles. The number of rotatable bonds is 13. The molecule has 5 N–H and O–H groups in total. The second kappa shape index (κ2) is 16.0. The summed E-state index contributed by atoms with van der Waals surface area (Å²) in [6.07, 6.45) is -6.10. The number of amides is 1. The van der Waals surface area contributed by atoms with Crippen LogP contribution in [-0.2, 0) is 32.2 Å². The molecule has 0 saturated carbocycles. The Balaban J connectivity index is 1.68. The van der Waals surface area contributed by atoms with Gasteiger partial charge in [-0.15, -0.1) is 0 Å². The smallest absolute Gasteiger partial charge is 0.339 e. The number of hydrogen-bond donors (Lipinski definition) is 5. The van der Waals surface area contributed by atoms with Crippen molar-refractivity contribution in [1.82, 2.24) is 10.6 Å². The van der Waals surface area contributed by atoms with Gasteiger partial charge in [-0.1, -0.05) is 61.3 Å². The van der Waals surface area contributed by atoms with Gasteiger partial charge in [0, 0.05) is 13.7 Å². The number of aliphatic hydroxyl groups excluding tert-OH is 3. The average Bonchev–Trinajstić information content (AvgIpc) is 2.98. The summed E-state index contributed by atoms with van der Waals surface area (Å²) < 4.78 is 21.9. The fraction of sp³-hybridized carbons (Fsp3) is 0.533. The zero-order chi connectivity index (χ0) is 31.8. The Morgan fingerprint density at radius 2 is 1.81 bits per heavy atom. The molecule has 6 atom stereocenters. The summed E-state index contributed by atoms with van der Waals surface area (Å²) in [5.41, 5.74) is 2.03. The van der Waals surface area contributed by atoms with E-state index in [1.165, 1.54) is 13.2 Å². The van der Waals surface area contributed by atoms with Gasteiger partial charge in [-0.2, -0.15) is 0 Å². The van der Waals surface area contributed by atoms with Gasteiger partial charge in [-0.3, -0.25) is 4.79 Å². The number of carbonyl (C=O) groups is 2. The first-order valence-corrected chi connectivity index (χ1v) is 14.7. The van der Waals surface area contributed by atoms with Crippen molar-refractivity contribution in [3.8, 4) is 5.75 Å². The van der Waals surface area contributed by atoms with Gasteiger partial charge in [0.05, 0.1) is 28.3 Å². The largest absolute Gasteiger partial charge is 0.486 e.